The summed E-state index contributed by atoms with van der Waals surface area (Å²) in [5, 5.41) is 13.2. The van der Waals surface area contributed by atoms with Crippen LogP contribution in [0.3, 0.4) is 0 Å². The zero-order valence-electron chi connectivity index (χ0n) is 20.9. The summed E-state index contributed by atoms with van der Waals surface area (Å²) >= 11 is 0. The van der Waals surface area contributed by atoms with Gasteiger partial charge in [-0.25, -0.2) is 0 Å². The Bertz CT molecular complexity index is 1310. The number of ether oxygens (including phenoxy) is 1. The molecule has 0 aliphatic rings. The highest BCUT2D eigenvalue weighted by Gasteiger charge is 2.14. The van der Waals surface area contributed by atoms with Crippen LogP contribution in [-0.4, -0.2) is 16.2 Å². The molecular weight excluding hydrogens is 422 g/mol. The first kappa shape index (κ1) is 23.2. The lowest BCUT2D eigenvalue weighted by Crippen LogP contribution is -2.25. The highest BCUT2D eigenvalue weighted by Crippen LogP contribution is 2.23. The van der Waals surface area contributed by atoms with Gasteiger partial charge in [0.2, 0.25) is 5.62 Å². The summed E-state index contributed by atoms with van der Waals surface area (Å²) in [5.41, 5.74) is 10.8. The Morgan fingerprint density at radius 3 is 1.50 bits per heavy atom. The topological polar surface area (TPSA) is 56.2 Å². The van der Waals surface area contributed by atoms with Gasteiger partial charge in [-0.15, -0.1) is 5.11 Å². The highest BCUT2D eigenvalue weighted by atomic mass is 16.5. The van der Waals surface area contributed by atoms with Crippen LogP contribution in [0.4, 0.5) is 5.69 Å². The monoisotopic (exact) mass is 453 g/mol. The summed E-state index contributed by atoms with van der Waals surface area (Å²) in [6.45, 7) is 12.8. The van der Waals surface area contributed by atoms with Crippen molar-refractivity contribution in [1.29, 1.82) is 0 Å². The van der Waals surface area contributed by atoms with Crippen LogP contribution in [0.1, 0.15) is 33.4 Å². The van der Waals surface area contributed by atoms with Gasteiger partial charge in [-0.1, -0.05) is 40.5 Å². The average Bonchev–Trinajstić information content (AvgIpc) is 3.16. The Balaban J connectivity index is 1.92. The molecule has 0 amide bonds. The molecule has 34 heavy (non-hydrogen) atoms. The van der Waals surface area contributed by atoms with E-state index < -0.39 is 0 Å². The molecule has 174 valence electrons. The van der Waals surface area contributed by atoms with Gasteiger partial charge in [-0.05, 0) is 93.3 Å². The molecule has 3 aromatic carbocycles. The number of aryl methyl sites for hydroxylation is 6. The van der Waals surface area contributed by atoms with Crippen LogP contribution in [0, 0.1) is 41.5 Å². The maximum Gasteiger partial charge on any atom is 0.240 e. The molecule has 0 spiro atoms. The summed E-state index contributed by atoms with van der Waals surface area (Å²) in [7, 11) is 1.64. The summed E-state index contributed by atoms with van der Waals surface area (Å²) in [4.78, 5) is 0. The normalized spacial score (nSPS) is 11.3. The summed E-state index contributed by atoms with van der Waals surface area (Å²) in [6.07, 6.45) is 4.09. The molecule has 1 aromatic heterocycles. The zero-order chi connectivity index (χ0) is 24.4. The van der Waals surface area contributed by atoms with E-state index in [1.165, 1.54) is 33.4 Å². The maximum atomic E-state index is 5.22. The van der Waals surface area contributed by atoms with Crippen LogP contribution in [0.15, 0.2) is 76.4 Å². The molecule has 0 bridgehead atoms. The maximum absolute atomic E-state index is 5.22. The standard InChI is InChI=1S/C28H31N5O/c1-18-14-20(3)26(21(4)15-18)32-12-13-33(27-22(5)16-19(2)17-23(27)6)28(32)30-31-29-24-8-10-25(34-7)11-9-24/h8-17H,1-7H3. The second kappa shape index (κ2) is 9.51. The Labute approximate surface area is 200 Å². The number of hydrogen-bond acceptors (Lipinski definition) is 3. The molecule has 0 N–H and O–H groups in total. The third-order valence-electron chi connectivity index (χ3n) is 5.92. The van der Waals surface area contributed by atoms with Crippen molar-refractivity contribution in [1.82, 2.24) is 9.13 Å². The van der Waals surface area contributed by atoms with Gasteiger partial charge in [-0.3, -0.25) is 9.13 Å². The first-order valence-corrected chi connectivity index (χ1v) is 11.3. The summed E-state index contributed by atoms with van der Waals surface area (Å²) < 4.78 is 9.41. The number of nitrogens with zero attached hydrogens (tertiary/aromatic N) is 5. The Kier molecular flexibility index (Phi) is 6.50. The Hall–Kier alpha value is -3.93. The molecule has 1 heterocycles. The number of imidazole rings is 1. The molecule has 0 aliphatic heterocycles. The Morgan fingerprint density at radius 1 is 0.647 bits per heavy atom. The van der Waals surface area contributed by atoms with Crippen LogP contribution >= 0.6 is 0 Å². The van der Waals surface area contributed by atoms with Crippen molar-refractivity contribution >= 4 is 5.69 Å². The van der Waals surface area contributed by atoms with Crippen molar-refractivity contribution < 1.29 is 4.74 Å². The predicted molar refractivity (Wildman–Crippen MR) is 137 cm³/mol. The van der Waals surface area contributed by atoms with Crippen molar-refractivity contribution in [2.45, 2.75) is 41.5 Å². The van der Waals surface area contributed by atoms with Crippen molar-refractivity contribution in [3.05, 3.63) is 99.9 Å². The second-order valence-corrected chi connectivity index (χ2v) is 8.82. The highest BCUT2D eigenvalue weighted by molar-refractivity contribution is 5.52. The van der Waals surface area contributed by atoms with E-state index in [9.17, 15) is 0 Å². The van der Waals surface area contributed by atoms with Gasteiger partial charge >= 0.3 is 0 Å². The van der Waals surface area contributed by atoms with Crippen LogP contribution in [-0.2, 0) is 0 Å². The molecule has 0 atom stereocenters. The van der Waals surface area contributed by atoms with Crippen LogP contribution < -0.4 is 10.4 Å². The van der Waals surface area contributed by atoms with E-state index in [-0.39, 0.29) is 0 Å². The van der Waals surface area contributed by atoms with Crippen molar-refractivity contribution in [2.24, 2.45) is 15.4 Å². The zero-order valence-corrected chi connectivity index (χ0v) is 20.9. The number of aromatic nitrogens is 2. The van der Waals surface area contributed by atoms with E-state index in [0.717, 1.165) is 17.1 Å². The molecule has 6 nitrogen and oxygen atoms in total. The molecular formula is C28H31N5O. The minimum atomic E-state index is 0.683. The molecule has 0 saturated heterocycles. The first-order valence-electron chi connectivity index (χ1n) is 11.3. The second-order valence-electron chi connectivity index (χ2n) is 8.82. The van der Waals surface area contributed by atoms with E-state index in [1.54, 1.807) is 7.11 Å². The van der Waals surface area contributed by atoms with Gasteiger partial charge in [0.1, 0.15) is 5.75 Å². The fourth-order valence-corrected chi connectivity index (χ4v) is 4.70. The smallest absolute Gasteiger partial charge is 0.240 e. The van der Waals surface area contributed by atoms with E-state index in [1.807, 2.05) is 36.7 Å². The minimum Gasteiger partial charge on any atom is -0.497 e. The summed E-state index contributed by atoms with van der Waals surface area (Å²) in [6, 6.07) is 16.2. The van der Waals surface area contributed by atoms with E-state index in [0.29, 0.717) is 11.3 Å². The van der Waals surface area contributed by atoms with Gasteiger partial charge in [0, 0.05) is 12.4 Å². The minimum absolute atomic E-state index is 0.683. The Morgan fingerprint density at radius 2 is 1.09 bits per heavy atom. The van der Waals surface area contributed by atoms with Crippen LogP contribution in [0.5, 0.6) is 5.75 Å². The number of hydrogen-bond donors (Lipinski definition) is 0. The largest absolute Gasteiger partial charge is 0.497 e. The molecule has 0 radical (unpaired) electrons. The molecule has 6 heteroatoms. The average molecular weight is 454 g/mol. The van der Waals surface area contributed by atoms with Gasteiger partial charge in [0.05, 0.1) is 24.2 Å². The molecule has 0 unspecified atom stereocenters. The van der Waals surface area contributed by atoms with Crippen LogP contribution in [0.25, 0.3) is 11.4 Å². The molecule has 4 rings (SSSR count). The van der Waals surface area contributed by atoms with E-state index >= 15 is 0 Å². The molecule has 0 saturated carbocycles. The van der Waals surface area contributed by atoms with Gasteiger partial charge in [0.25, 0.3) is 0 Å². The number of benzene rings is 3. The number of rotatable bonds is 5. The fourth-order valence-electron chi connectivity index (χ4n) is 4.70. The lowest BCUT2D eigenvalue weighted by atomic mass is 10.0. The lowest BCUT2D eigenvalue weighted by Gasteiger charge is -2.14. The quantitative estimate of drug-likeness (QED) is 0.244. The molecule has 0 fully saturated rings. The van der Waals surface area contributed by atoms with Gasteiger partial charge < -0.3 is 4.74 Å². The number of methoxy groups -OCH3 is 1. The molecule has 0 aliphatic carbocycles. The third kappa shape index (κ3) is 4.57. The van der Waals surface area contributed by atoms with Gasteiger partial charge in [-0.2, -0.15) is 0 Å². The van der Waals surface area contributed by atoms with Crippen LogP contribution in [0.2, 0.25) is 0 Å². The SMILES string of the molecule is COc1ccc(N=NN=c2n(-c3c(C)cc(C)cc3C)ccn2-c2c(C)cc(C)cc2C)cc1. The fraction of sp³-hybridized carbons (Fsp3) is 0.250. The molecule has 4 aromatic rings. The van der Waals surface area contributed by atoms with E-state index in [4.69, 9.17) is 4.74 Å². The third-order valence-corrected chi connectivity index (χ3v) is 5.92. The van der Waals surface area contributed by atoms with E-state index in [2.05, 4.69) is 90.4 Å². The van der Waals surface area contributed by atoms with Crippen molar-refractivity contribution in [2.75, 3.05) is 7.11 Å². The van der Waals surface area contributed by atoms with Crippen molar-refractivity contribution in [3.63, 3.8) is 0 Å². The van der Waals surface area contributed by atoms with Gasteiger partial charge in [0.15, 0.2) is 0 Å². The van der Waals surface area contributed by atoms with Crippen molar-refractivity contribution in [3.8, 4) is 17.1 Å². The predicted octanol–water partition coefficient (Wildman–Crippen LogP) is 6.73. The lowest BCUT2D eigenvalue weighted by molar-refractivity contribution is 0.415. The first-order chi connectivity index (χ1) is 16.3. The summed E-state index contributed by atoms with van der Waals surface area (Å²) in [5.74, 6) is 0.776.